The fourth-order valence-electron chi connectivity index (χ4n) is 2.23. The number of ketones is 1. The van der Waals surface area contributed by atoms with Gasteiger partial charge in [0.1, 0.15) is 11.4 Å². The molecule has 1 atom stereocenters. The molecule has 144 valence electrons. The Hall–Kier alpha value is -2.44. The molecule has 1 amide bonds. The van der Waals surface area contributed by atoms with Gasteiger partial charge in [-0.3, -0.25) is 9.59 Å². The lowest BCUT2D eigenvalue weighted by atomic mass is 9.99. The van der Waals surface area contributed by atoms with Crippen molar-refractivity contribution in [1.82, 2.24) is 5.32 Å². The lowest BCUT2D eigenvalue weighted by Gasteiger charge is -2.23. The van der Waals surface area contributed by atoms with E-state index in [1.54, 1.807) is 33.8 Å². The molecule has 0 radical (unpaired) electrons. The third-order valence-electron chi connectivity index (χ3n) is 3.29. The lowest BCUT2D eigenvalue weighted by Crippen LogP contribution is -2.44. The van der Waals surface area contributed by atoms with Crippen molar-refractivity contribution in [3.63, 3.8) is 0 Å². The summed E-state index contributed by atoms with van der Waals surface area (Å²) in [6.45, 7) is 7.02. The van der Waals surface area contributed by atoms with Crippen LogP contribution in [0, 0.1) is 5.82 Å². The second-order valence-electron chi connectivity index (χ2n) is 6.80. The number of hydrogen-bond acceptors (Lipinski definition) is 5. The van der Waals surface area contributed by atoms with Gasteiger partial charge in [-0.1, -0.05) is 12.1 Å². The molecule has 0 unspecified atom stereocenters. The van der Waals surface area contributed by atoms with E-state index in [0.29, 0.717) is 5.56 Å². The van der Waals surface area contributed by atoms with E-state index < -0.39 is 29.5 Å². The SMILES string of the molecule is CCOC(=O)CCC(=O)[C@H](Cc1cccc(F)c1)NC(=O)OC(C)(C)C. The number of carbonyl (C=O) groups is 3. The van der Waals surface area contributed by atoms with Gasteiger partial charge in [0, 0.05) is 6.42 Å². The molecule has 1 rings (SSSR count). The van der Waals surface area contributed by atoms with E-state index in [4.69, 9.17) is 9.47 Å². The van der Waals surface area contributed by atoms with Crippen LogP contribution in [-0.4, -0.2) is 36.1 Å². The molecule has 0 aliphatic carbocycles. The second-order valence-corrected chi connectivity index (χ2v) is 6.80. The van der Waals surface area contributed by atoms with Gasteiger partial charge < -0.3 is 14.8 Å². The van der Waals surface area contributed by atoms with Gasteiger partial charge >= 0.3 is 12.1 Å². The molecule has 1 aromatic carbocycles. The van der Waals surface area contributed by atoms with E-state index in [-0.39, 0.29) is 31.7 Å². The van der Waals surface area contributed by atoms with Gasteiger partial charge in [-0.15, -0.1) is 0 Å². The Balaban J connectivity index is 2.81. The quantitative estimate of drug-likeness (QED) is 0.714. The van der Waals surface area contributed by atoms with Crippen LogP contribution in [0.25, 0.3) is 0 Å². The highest BCUT2D eigenvalue weighted by molar-refractivity contribution is 5.89. The number of halogens is 1. The van der Waals surface area contributed by atoms with Crippen LogP contribution in [0.5, 0.6) is 0 Å². The molecule has 0 bridgehead atoms. The van der Waals surface area contributed by atoms with Gasteiger partial charge in [0.2, 0.25) is 0 Å². The molecular weight excluding hydrogens is 341 g/mol. The number of Topliss-reactive ketones (excluding diaryl/α,β-unsaturated/α-hetero) is 1. The fourth-order valence-corrected chi connectivity index (χ4v) is 2.23. The molecule has 26 heavy (non-hydrogen) atoms. The van der Waals surface area contributed by atoms with Gasteiger partial charge in [-0.05, 0) is 51.8 Å². The van der Waals surface area contributed by atoms with Crippen molar-refractivity contribution >= 4 is 17.8 Å². The van der Waals surface area contributed by atoms with Crippen LogP contribution < -0.4 is 5.32 Å². The number of rotatable bonds is 8. The van der Waals surface area contributed by atoms with Crippen molar-refractivity contribution in [3.05, 3.63) is 35.6 Å². The summed E-state index contributed by atoms with van der Waals surface area (Å²) in [7, 11) is 0. The molecule has 6 nitrogen and oxygen atoms in total. The van der Waals surface area contributed by atoms with Crippen molar-refractivity contribution in [2.75, 3.05) is 6.61 Å². The summed E-state index contributed by atoms with van der Waals surface area (Å²) in [6, 6.07) is 4.84. The van der Waals surface area contributed by atoms with E-state index in [1.165, 1.54) is 18.2 Å². The Morgan fingerprint density at radius 2 is 1.88 bits per heavy atom. The summed E-state index contributed by atoms with van der Waals surface area (Å²) in [5.74, 6) is -1.27. The summed E-state index contributed by atoms with van der Waals surface area (Å²) in [5, 5.41) is 2.51. The van der Waals surface area contributed by atoms with Gasteiger partial charge in [0.25, 0.3) is 0 Å². The highest BCUT2D eigenvalue weighted by Crippen LogP contribution is 2.11. The molecule has 0 aliphatic heterocycles. The zero-order valence-electron chi connectivity index (χ0n) is 15.6. The van der Waals surface area contributed by atoms with Gasteiger partial charge in [-0.2, -0.15) is 0 Å². The number of esters is 1. The van der Waals surface area contributed by atoms with Gasteiger partial charge in [-0.25, -0.2) is 9.18 Å². The molecule has 0 fully saturated rings. The largest absolute Gasteiger partial charge is 0.466 e. The summed E-state index contributed by atoms with van der Waals surface area (Å²) in [5.41, 5.74) is -0.169. The fraction of sp³-hybridized carbons (Fsp3) is 0.526. The van der Waals surface area contributed by atoms with Gasteiger partial charge in [0.05, 0.1) is 19.1 Å². The average molecular weight is 367 g/mol. The summed E-state index contributed by atoms with van der Waals surface area (Å²) < 4.78 is 23.4. The van der Waals surface area contributed by atoms with Crippen LogP contribution in [0.1, 0.15) is 46.1 Å². The van der Waals surface area contributed by atoms with Crippen molar-refractivity contribution in [1.29, 1.82) is 0 Å². The normalized spacial score (nSPS) is 12.2. The smallest absolute Gasteiger partial charge is 0.408 e. The molecule has 0 aromatic heterocycles. The Bertz CT molecular complexity index is 639. The van der Waals surface area contributed by atoms with Crippen LogP contribution in [-0.2, 0) is 25.5 Å². The Labute approximate surface area is 153 Å². The molecule has 0 saturated carbocycles. The minimum Gasteiger partial charge on any atom is -0.466 e. The predicted octanol–water partition coefficient (Wildman–Crippen LogP) is 3.17. The minimum absolute atomic E-state index is 0.0810. The first-order valence-corrected chi connectivity index (χ1v) is 8.53. The van der Waals surface area contributed by atoms with E-state index in [2.05, 4.69) is 5.32 Å². The van der Waals surface area contributed by atoms with Crippen LogP contribution >= 0.6 is 0 Å². The summed E-state index contributed by atoms with van der Waals surface area (Å²) in [4.78, 5) is 35.9. The first-order chi connectivity index (χ1) is 12.1. The standard InChI is InChI=1S/C19H26FNO5/c1-5-25-17(23)10-9-16(22)15(21-18(24)26-19(2,3)4)12-13-7-6-8-14(20)11-13/h6-8,11,15H,5,9-10,12H2,1-4H3,(H,21,24)/t15-/m0/s1. The van der Waals surface area contributed by atoms with E-state index in [0.717, 1.165) is 0 Å². The van der Waals surface area contributed by atoms with Crippen molar-refractivity contribution in [2.45, 2.75) is 58.6 Å². The minimum atomic E-state index is -0.930. The zero-order chi connectivity index (χ0) is 19.7. The van der Waals surface area contributed by atoms with Crippen LogP contribution in [0.15, 0.2) is 24.3 Å². The highest BCUT2D eigenvalue weighted by atomic mass is 19.1. The van der Waals surface area contributed by atoms with Crippen molar-refractivity contribution in [2.24, 2.45) is 0 Å². The zero-order valence-corrected chi connectivity index (χ0v) is 15.6. The third kappa shape index (κ3) is 8.60. The number of alkyl carbamates (subject to hydrolysis) is 1. The number of benzene rings is 1. The van der Waals surface area contributed by atoms with Crippen LogP contribution in [0.4, 0.5) is 9.18 Å². The predicted molar refractivity (Wildman–Crippen MR) is 94.1 cm³/mol. The summed E-state index contributed by atoms with van der Waals surface area (Å²) in [6.07, 6.45) is -0.821. The van der Waals surface area contributed by atoms with Crippen molar-refractivity contribution in [3.8, 4) is 0 Å². The summed E-state index contributed by atoms with van der Waals surface area (Å²) >= 11 is 0. The average Bonchev–Trinajstić information content (AvgIpc) is 2.50. The molecule has 1 aromatic rings. The Kier molecular flexibility index (Phi) is 8.22. The first-order valence-electron chi connectivity index (χ1n) is 8.53. The van der Waals surface area contributed by atoms with Crippen molar-refractivity contribution < 1.29 is 28.2 Å². The molecule has 0 aliphatic rings. The maximum Gasteiger partial charge on any atom is 0.408 e. The second kappa shape index (κ2) is 9.89. The topological polar surface area (TPSA) is 81.7 Å². The molecule has 0 spiro atoms. The van der Waals surface area contributed by atoms with E-state index in [1.807, 2.05) is 0 Å². The number of ether oxygens (including phenoxy) is 2. The van der Waals surface area contributed by atoms with Gasteiger partial charge in [0.15, 0.2) is 5.78 Å². The number of amides is 1. The Morgan fingerprint density at radius 1 is 1.19 bits per heavy atom. The molecule has 7 heteroatoms. The number of nitrogens with one attached hydrogen (secondary N) is 1. The van der Waals surface area contributed by atoms with Crippen LogP contribution in [0.2, 0.25) is 0 Å². The molecule has 0 saturated heterocycles. The molecular formula is C19H26FNO5. The monoisotopic (exact) mass is 367 g/mol. The highest BCUT2D eigenvalue weighted by Gasteiger charge is 2.25. The molecule has 0 heterocycles. The van der Waals surface area contributed by atoms with Crippen LogP contribution in [0.3, 0.4) is 0 Å². The number of carbonyl (C=O) groups excluding carboxylic acids is 3. The maximum atomic E-state index is 13.4. The lowest BCUT2D eigenvalue weighted by molar-refractivity contribution is -0.144. The van der Waals surface area contributed by atoms with E-state index >= 15 is 0 Å². The Morgan fingerprint density at radius 3 is 2.46 bits per heavy atom. The first kappa shape index (κ1) is 21.6. The maximum absolute atomic E-state index is 13.4. The third-order valence-corrected chi connectivity index (χ3v) is 3.29. The molecule has 1 N–H and O–H groups in total. The van der Waals surface area contributed by atoms with E-state index in [9.17, 15) is 18.8 Å². The number of hydrogen-bond donors (Lipinski definition) is 1.